The lowest BCUT2D eigenvalue weighted by molar-refractivity contribution is 0.0917. The van der Waals surface area contributed by atoms with E-state index in [1.807, 2.05) is 13.8 Å². The van der Waals surface area contributed by atoms with E-state index in [2.05, 4.69) is 15.3 Å². The van der Waals surface area contributed by atoms with E-state index < -0.39 is 0 Å². The van der Waals surface area contributed by atoms with Gasteiger partial charge >= 0.3 is 0 Å². The van der Waals surface area contributed by atoms with Gasteiger partial charge in [0, 0.05) is 19.6 Å². The Kier molecular flexibility index (Phi) is 4.65. The Balaban J connectivity index is 1.93. The summed E-state index contributed by atoms with van der Waals surface area (Å²) in [7, 11) is 1.74. The molecule has 112 valence electrons. The molecular weight excluding hydrogens is 254 g/mol. The molecule has 0 saturated carbocycles. The summed E-state index contributed by atoms with van der Waals surface area (Å²) < 4.78 is 1.55. The van der Waals surface area contributed by atoms with Crippen LogP contribution in [0.2, 0.25) is 0 Å². The number of nitrogens with one attached hydrogen (secondary N) is 1. The number of hydrogen-bond donors (Lipinski definition) is 2. The largest absolute Gasteiger partial charge is 0.395 e. The molecular formula is C14H25N5O. The SMILES string of the molecule is Cc1nn(C)c(C(=O)NC(C)CN2CCCCC2)c1N. The highest BCUT2D eigenvalue weighted by atomic mass is 16.2. The predicted octanol–water partition coefficient (Wildman–Crippen LogP) is 0.915. The lowest BCUT2D eigenvalue weighted by Gasteiger charge is -2.29. The lowest BCUT2D eigenvalue weighted by atomic mass is 10.1. The van der Waals surface area contributed by atoms with Gasteiger partial charge in [-0.25, -0.2) is 0 Å². The number of hydrogen-bond acceptors (Lipinski definition) is 4. The number of nitrogen functional groups attached to an aromatic ring is 1. The van der Waals surface area contributed by atoms with Gasteiger partial charge in [-0.15, -0.1) is 0 Å². The van der Waals surface area contributed by atoms with E-state index in [0.29, 0.717) is 17.1 Å². The molecule has 0 spiro atoms. The molecule has 1 aromatic heterocycles. The number of carbonyl (C=O) groups excluding carboxylic acids is 1. The number of nitrogens with two attached hydrogens (primary N) is 1. The number of nitrogens with zero attached hydrogens (tertiary/aromatic N) is 3. The van der Waals surface area contributed by atoms with E-state index in [0.717, 1.165) is 19.6 Å². The van der Waals surface area contributed by atoms with Gasteiger partial charge < -0.3 is 16.0 Å². The molecule has 1 unspecified atom stereocenters. The number of amides is 1. The third-order valence-corrected chi connectivity index (χ3v) is 3.84. The van der Waals surface area contributed by atoms with Crippen molar-refractivity contribution in [2.45, 2.75) is 39.2 Å². The van der Waals surface area contributed by atoms with E-state index >= 15 is 0 Å². The summed E-state index contributed by atoms with van der Waals surface area (Å²) >= 11 is 0. The van der Waals surface area contributed by atoms with Gasteiger partial charge in [-0.05, 0) is 39.8 Å². The van der Waals surface area contributed by atoms with Crippen LogP contribution in [0.4, 0.5) is 5.69 Å². The topological polar surface area (TPSA) is 76.2 Å². The van der Waals surface area contributed by atoms with Gasteiger partial charge in [0.25, 0.3) is 5.91 Å². The number of anilines is 1. The maximum absolute atomic E-state index is 12.3. The highest BCUT2D eigenvalue weighted by Crippen LogP contribution is 2.15. The smallest absolute Gasteiger partial charge is 0.271 e. The zero-order valence-electron chi connectivity index (χ0n) is 12.6. The molecule has 0 aromatic carbocycles. The lowest BCUT2D eigenvalue weighted by Crippen LogP contribution is -2.44. The molecule has 1 aromatic rings. The number of likely N-dealkylation sites (tertiary alicyclic amines) is 1. The van der Waals surface area contributed by atoms with Crippen molar-refractivity contribution in [3.05, 3.63) is 11.4 Å². The third kappa shape index (κ3) is 3.30. The van der Waals surface area contributed by atoms with Crippen molar-refractivity contribution in [1.82, 2.24) is 20.0 Å². The monoisotopic (exact) mass is 279 g/mol. The summed E-state index contributed by atoms with van der Waals surface area (Å²) in [5.74, 6) is -0.143. The molecule has 1 aliphatic rings. The molecule has 0 radical (unpaired) electrons. The molecule has 0 aliphatic carbocycles. The van der Waals surface area contributed by atoms with Crippen molar-refractivity contribution < 1.29 is 4.79 Å². The molecule has 20 heavy (non-hydrogen) atoms. The average molecular weight is 279 g/mol. The first kappa shape index (κ1) is 14.8. The first-order valence-corrected chi connectivity index (χ1v) is 7.31. The number of piperidine rings is 1. The van der Waals surface area contributed by atoms with Crippen LogP contribution >= 0.6 is 0 Å². The highest BCUT2D eigenvalue weighted by molar-refractivity contribution is 5.98. The minimum absolute atomic E-state index is 0.107. The van der Waals surface area contributed by atoms with E-state index in [-0.39, 0.29) is 11.9 Å². The van der Waals surface area contributed by atoms with Crippen LogP contribution < -0.4 is 11.1 Å². The molecule has 1 fully saturated rings. The Morgan fingerprint density at radius 2 is 2.05 bits per heavy atom. The molecule has 0 bridgehead atoms. The second-order valence-corrected chi connectivity index (χ2v) is 5.71. The van der Waals surface area contributed by atoms with Crippen LogP contribution in [-0.4, -0.2) is 46.3 Å². The fourth-order valence-electron chi connectivity index (χ4n) is 2.81. The molecule has 1 atom stereocenters. The Morgan fingerprint density at radius 1 is 1.40 bits per heavy atom. The first-order valence-electron chi connectivity index (χ1n) is 7.31. The second-order valence-electron chi connectivity index (χ2n) is 5.71. The van der Waals surface area contributed by atoms with Gasteiger partial charge in [0.1, 0.15) is 5.69 Å². The average Bonchev–Trinajstić information content (AvgIpc) is 2.64. The number of aromatic nitrogens is 2. The molecule has 1 saturated heterocycles. The molecule has 3 N–H and O–H groups in total. The van der Waals surface area contributed by atoms with Crippen LogP contribution in [0.5, 0.6) is 0 Å². The van der Waals surface area contributed by atoms with E-state index in [1.165, 1.54) is 19.3 Å². The fourth-order valence-corrected chi connectivity index (χ4v) is 2.81. The van der Waals surface area contributed by atoms with Crippen LogP contribution in [0.15, 0.2) is 0 Å². The molecule has 2 heterocycles. The van der Waals surface area contributed by atoms with Crippen molar-refractivity contribution in [2.24, 2.45) is 7.05 Å². The van der Waals surface area contributed by atoms with Crippen molar-refractivity contribution in [2.75, 3.05) is 25.4 Å². The van der Waals surface area contributed by atoms with Crippen LogP contribution in [0.1, 0.15) is 42.4 Å². The van der Waals surface area contributed by atoms with Crippen molar-refractivity contribution in [3.63, 3.8) is 0 Å². The quantitative estimate of drug-likeness (QED) is 0.859. The molecule has 1 aliphatic heterocycles. The normalized spacial score (nSPS) is 17.9. The van der Waals surface area contributed by atoms with Gasteiger partial charge in [0.15, 0.2) is 0 Å². The maximum atomic E-state index is 12.3. The molecule has 6 heteroatoms. The summed E-state index contributed by atoms with van der Waals surface area (Å²) in [5, 5.41) is 7.19. The summed E-state index contributed by atoms with van der Waals surface area (Å²) in [6, 6.07) is 0.107. The predicted molar refractivity (Wildman–Crippen MR) is 79.6 cm³/mol. The first-order chi connectivity index (χ1) is 9.49. The molecule has 2 rings (SSSR count). The Bertz CT molecular complexity index is 476. The fraction of sp³-hybridized carbons (Fsp3) is 0.714. The molecule has 1 amide bonds. The maximum Gasteiger partial charge on any atom is 0.271 e. The Morgan fingerprint density at radius 3 is 2.60 bits per heavy atom. The Labute approximate surface area is 120 Å². The zero-order valence-corrected chi connectivity index (χ0v) is 12.6. The molecule has 6 nitrogen and oxygen atoms in total. The second kappa shape index (κ2) is 6.26. The van der Waals surface area contributed by atoms with Crippen molar-refractivity contribution in [1.29, 1.82) is 0 Å². The number of aryl methyl sites for hydroxylation is 2. The minimum atomic E-state index is -0.143. The summed E-state index contributed by atoms with van der Waals surface area (Å²) in [6.07, 6.45) is 3.84. The highest BCUT2D eigenvalue weighted by Gasteiger charge is 2.20. The third-order valence-electron chi connectivity index (χ3n) is 3.84. The van der Waals surface area contributed by atoms with Crippen LogP contribution in [0.3, 0.4) is 0 Å². The van der Waals surface area contributed by atoms with Gasteiger partial charge in [-0.3, -0.25) is 9.48 Å². The summed E-state index contributed by atoms with van der Waals surface area (Å²) in [4.78, 5) is 14.7. The van der Waals surface area contributed by atoms with Gasteiger partial charge in [0.05, 0.1) is 11.4 Å². The summed E-state index contributed by atoms with van der Waals surface area (Å²) in [5.41, 5.74) is 7.53. The minimum Gasteiger partial charge on any atom is -0.395 e. The summed E-state index contributed by atoms with van der Waals surface area (Å²) in [6.45, 7) is 7.00. The van der Waals surface area contributed by atoms with Crippen LogP contribution in [-0.2, 0) is 7.05 Å². The van der Waals surface area contributed by atoms with Crippen molar-refractivity contribution in [3.8, 4) is 0 Å². The Hall–Kier alpha value is -1.56. The zero-order chi connectivity index (χ0) is 14.7. The van der Waals surface area contributed by atoms with Gasteiger partial charge in [-0.1, -0.05) is 6.42 Å². The standard InChI is InChI=1S/C14H25N5O/c1-10(9-19-7-5-4-6-8-19)16-14(20)13-12(15)11(2)17-18(13)3/h10H,4-9,15H2,1-3H3,(H,16,20). The van der Waals surface area contributed by atoms with E-state index in [1.54, 1.807) is 11.7 Å². The van der Waals surface area contributed by atoms with E-state index in [9.17, 15) is 4.79 Å². The van der Waals surface area contributed by atoms with Gasteiger partial charge in [-0.2, -0.15) is 5.10 Å². The number of rotatable bonds is 4. The van der Waals surface area contributed by atoms with Crippen LogP contribution in [0.25, 0.3) is 0 Å². The van der Waals surface area contributed by atoms with E-state index in [4.69, 9.17) is 5.73 Å². The van der Waals surface area contributed by atoms with Crippen molar-refractivity contribution >= 4 is 11.6 Å². The van der Waals surface area contributed by atoms with Gasteiger partial charge in [0.2, 0.25) is 0 Å². The number of carbonyl (C=O) groups is 1. The van der Waals surface area contributed by atoms with Crippen LogP contribution in [0, 0.1) is 6.92 Å².